The average Bonchev–Trinajstić information content (AvgIpc) is 2.88. The Hall–Kier alpha value is -4.26. The van der Waals surface area contributed by atoms with E-state index in [2.05, 4.69) is 16.0 Å². The van der Waals surface area contributed by atoms with Gasteiger partial charge in [-0.05, 0) is 81.4 Å². The zero-order chi connectivity index (χ0) is 31.1. The summed E-state index contributed by atoms with van der Waals surface area (Å²) in [5, 5.41) is 8.22. The van der Waals surface area contributed by atoms with Gasteiger partial charge in [-0.3, -0.25) is 23.9 Å². The summed E-state index contributed by atoms with van der Waals surface area (Å²) in [5.41, 5.74) is 2.66. The number of carbonyl (C=O) groups is 3. The zero-order valence-electron chi connectivity index (χ0n) is 24.3. The van der Waals surface area contributed by atoms with Crippen LogP contribution in [0.3, 0.4) is 0 Å². The first-order valence-electron chi connectivity index (χ1n) is 13.2. The smallest absolute Gasteiger partial charge is 0.412 e. The molecule has 3 amide bonds. The molecule has 3 rings (SSSR count). The second kappa shape index (κ2) is 13.1. The number of nitrogens with zero attached hydrogens (tertiary/aromatic N) is 1. The highest BCUT2D eigenvalue weighted by Gasteiger charge is 2.20. The predicted molar refractivity (Wildman–Crippen MR) is 165 cm³/mol. The number of hydrogen-bond donors (Lipinski definition) is 4. The number of nitrogens with one attached hydrogen (secondary N) is 3. The summed E-state index contributed by atoms with van der Waals surface area (Å²) in [6.45, 7) is 5.81. The summed E-state index contributed by atoms with van der Waals surface area (Å²) in [5.74, 6) is -0.973. The lowest BCUT2D eigenvalue weighted by molar-refractivity contribution is 0.0635. The second-order valence-corrected chi connectivity index (χ2v) is 12.9. The monoisotopic (exact) mass is 597 g/mol. The van der Waals surface area contributed by atoms with Crippen LogP contribution < -0.4 is 20.4 Å². The number of carbonyl (C=O) groups excluding carboxylic acids is 3. The Morgan fingerprint density at radius 3 is 1.55 bits per heavy atom. The van der Waals surface area contributed by atoms with Gasteiger partial charge in [0.15, 0.2) is 0 Å². The lowest BCUT2D eigenvalue weighted by atomic mass is 10.1. The number of amides is 3. The molecule has 0 aliphatic heterocycles. The molecule has 0 heterocycles. The van der Waals surface area contributed by atoms with Crippen LogP contribution in [-0.4, -0.2) is 62.9 Å². The number of rotatable bonds is 10. The van der Waals surface area contributed by atoms with Crippen LogP contribution in [0.25, 0.3) is 0 Å². The topological polar surface area (TPSA) is 151 Å². The Kier molecular flexibility index (Phi) is 10.1. The molecule has 3 aromatic carbocycles. The molecule has 4 N–H and O–H groups in total. The number of anilines is 3. The van der Waals surface area contributed by atoms with Crippen molar-refractivity contribution < 1.29 is 32.1 Å². The third-order valence-electron chi connectivity index (χ3n) is 6.14. The molecule has 0 fully saturated rings. The van der Waals surface area contributed by atoms with Crippen molar-refractivity contribution in [1.82, 2.24) is 4.48 Å². The van der Waals surface area contributed by atoms with Crippen LogP contribution in [-0.2, 0) is 14.9 Å². The molecule has 11 nitrogen and oxygen atoms in total. The molecule has 0 atom stereocenters. The lowest BCUT2D eigenvalue weighted by Crippen LogP contribution is -2.41. The van der Waals surface area contributed by atoms with Gasteiger partial charge in [-0.15, -0.1) is 0 Å². The molecular weight excluding hydrogens is 560 g/mol. The molecule has 0 unspecified atom stereocenters. The molecule has 0 aromatic heterocycles. The molecular formula is C30H37N4O7S+. The van der Waals surface area contributed by atoms with Gasteiger partial charge in [-0.25, -0.2) is 4.79 Å². The van der Waals surface area contributed by atoms with E-state index in [1.54, 1.807) is 81.4 Å². The first kappa shape index (κ1) is 32.3. The van der Waals surface area contributed by atoms with Crippen LogP contribution in [0, 0.1) is 0 Å². The minimum absolute atomic E-state index is 0.298. The zero-order valence-corrected chi connectivity index (χ0v) is 25.1. The fraction of sp³-hybridized carbons (Fsp3) is 0.300. The number of quaternary nitrogens is 1. The summed E-state index contributed by atoms with van der Waals surface area (Å²) in [4.78, 5) is 37.3. The maximum atomic E-state index is 12.7. The van der Waals surface area contributed by atoms with Crippen molar-refractivity contribution in [3.05, 3.63) is 83.9 Å². The van der Waals surface area contributed by atoms with Crippen molar-refractivity contribution in [1.29, 1.82) is 0 Å². The van der Waals surface area contributed by atoms with E-state index in [1.165, 1.54) is 0 Å². The van der Waals surface area contributed by atoms with E-state index in [9.17, 15) is 22.8 Å². The highest BCUT2D eigenvalue weighted by Crippen LogP contribution is 2.23. The fourth-order valence-electron chi connectivity index (χ4n) is 3.96. The first-order valence-corrected chi connectivity index (χ1v) is 14.8. The van der Waals surface area contributed by atoms with E-state index < -0.39 is 21.8 Å². The fourth-order valence-corrected chi connectivity index (χ4v) is 4.45. The molecule has 0 aliphatic rings. The first-order chi connectivity index (χ1) is 19.5. The normalized spacial score (nSPS) is 11.9. The molecule has 0 radical (unpaired) electrons. The van der Waals surface area contributed by atoms with Crippen molar-refractivity contribution in [2.45, 2.75) is 32.8 Å². The van der Waals surface area contributed by atoms with Gasteiger partial charge in [0.25, 0.3) is 21.9 Å². The third kappa shape index (κ3) is 10.3. The minimum Gasteiger partial charge on any atom is -0.444 e. The quantitative estimate of drug-likeness (QED) is 0.181. The van der Waals surface area contributed by atoms with E-state index in [-0.39, 0.29) is 17.6 Å². The highest BCUT2D eigenvalue weighted by atomic mass is 32.2. The van der Waals surface area contributed by atoms with E-state index in [0.717, 1.165) is 5.69 Å². The maximum Gasteiger partial charge on any atom is 0.412 e. The van der Waals surface area contributed by atoms with E-state index in [4.69, 9.17) is 9.29 Å². The van der Waals surface area contributed by atoms with Gasteiger partial charge in [0.1, 0.15) is 11.3 Å². The van der Waals surface area contributed by atoms with Gasteiger partial charge in [-0.1, -0.05) is 0 Å². The Labute approximate surface area is 246 Å². The Morgan fingerprint density at radius 1 is 0.738 bits per heavy atom. The Balaban J connectivity index is 1.53. The molecule has 0 saturated heterocycles. The van der Waals surface area contributed by atoms with Crippen LogP contribution in [0.2, 0.25) is 0 Å². The molecule has 0 aliphatic carbocycles. The molecule has 3 aromatic rings. The Bertz CT molecular complexity index is 1510. The molecule has 42 heavy (non-hydrogen) atoms. The number of hydrogen-bond acceptors (Lipinski definition) is 6. The van der Waals surface area contributed by atoms with Crippen molar-refractivity contribution in [2.75, 3.05) is 42.3 Å². The summed E-state index contributed by atoms with van der Waals surface area (Å²) in [6.07, 6.45) is -0.282. The standard InChI is InChI=1S/C30H36N4O7S/c1-30(2,3)41-29(37)33-25-13-9-22(10-14-25)27(35)31-23-11-7-21(8-12-23)28(36)32-24-15-17-26(18-16-24)34(4,5)19-6-20-42(38,39)40/h7-18H,6,19-20H2,1-5H3,(H3-,31,32,33,35,36,37,38,39,40)/p+1. The van der Waals surface area contributed by atoms with Gasteiger partial charge < -0.3 is 15.4 Å². The van der Waals surface area contributed by atoms with Gasteiger partial charge in [0.2, 0.25) is 0 Å². The van der Waals surface area contributed by atoms with Crippen LogP contribution in [0.5, 0.6) is 0 Å². The van der Waals surface area contributed by atoms with Gasteiger partial charge >= 0.3 is 6.09 Å². The van der Waals surface area contributed by atoms with Crippen molar-refractivity contribution in [2.24, 2.45) is 0 Å². The average molecular weight is 598 g/mol. The summed E-state index contributed by atoms with van der Waals surface area (Å²) < 4.78 is 36.5. The highest BCUT2D eigenvalue weighted by molar-refractivity contribution is 7.85. The largest absolute Gasteiger partial charge is 0.444 e. The SMILES string of the molecule is CC(C)(C)OC(=O)Nc1ccc(C(=O)Nc2ccc(C(=O)Nc3ccc([N+](C)(C)CCCS(=O)(=O)O)cc3)cc2)cc1. The van der Waals surface area contributed by atoms with Crippen LogP contribution in [0.15, 0.2) is 72.8 Å². The van der Waals surface area contributed by atoms with Gasteiger partial charge in [0.05, 0.1) is 26.4 Å². The second-order valence-electron chi connectivity index (χ2n) is 11.3. The Morgan fingerprint density at radius 2 is 1.14 bits per heavy atom. The summed E-state index contributed by atoms with van der Waals surface area (Å²) >= 11 is 0. The van der Waals surface area contributed by atoms with Crippen molar-refractivity contribution >= 4 is 50.8 Å². The van der Waals surface area contributed by atoms with Crippen molar-refractivity contribution in [3.63, 3.8) is 0 Å². The molecule has 224 valence electrons. The molecule has 0 bridgehead atoms. The molecule has 0 spiro atoms. The van der Waals surface area contributed by atoms with E-state index in [1.807, 2.05) is 26.2 Å². The lowest BCUT2D eigenvalue weighted by Gasteiger charge is -2.29. The molecule has 12 heteroatoms. The number of ether oxygens (including phenoxy) is 1. The van der Waals surface area contributed by atoms with E-state index in [0.29, 0.717) is 45.6 Å². The predicted octanol–water partition coefficient (Wildman–Crippen LogP) is 5.38. The summed E-state index contributed by atoms with van der Waals surface area (Å²) in [7, 11) is -0.144. The summed E-state index contributed by atoms with van der Waals surface area (Å²) in [6, 6.07) is 20.0. The van der Waals surface area contributed by atoms with E-state index >= 15 is 0 Å². The van der Waals surface area contributed by atoms with Crippen LogP contribution >= 0.6 is 0 Å². The third-order valence-corrected chi connectivity index (χ3v) is 6.95. The minimum atomic E-state index is -4.00. The number of benzene rings is 3. The van der Waals surface area contributed by atoms with Crippen LogP contribution in [0.4, 0.5) is 27.5 Å². The maximum absolute atomic E-state index is 12.7. The molecule has 0 saturated carbocycles. The van der Waals surface area contributed by atoms with Crippen LogP contribution in [0.1, 0.15) is 47.9 Å². The van der Waals surface area contributed by atoms with Gasteiger partial charge in [0, 0.05) is 46.7 Å². The van der Waals surface area contributed by atoms with Gasteiger partial charge in [-0.2, -0.15) is 8.42 Å². The van der Waals surface area contributed by atoms with Crippen molar-refractivity contribution in [3.8, 4) is 0 Å².